The van der Waals surface area contributed by atoms with Gasteiger partial charge in [-0.25, -0.2) is 4.79 Å². The Balaban J connectivity index is 1.92. The number of carboxylic acids is 1. The average Bonchev–Trinajstić information content (AvgIpc) is 2.81. The van der Waals surface area contributed by atoms with Crippen LogP contribution in [0.25, 0.3) is 0 Å². The minimum absolute atomic E-state index is 0.00260. The molecule has 2 N–H and O–H groups in total. The van der Waals surface area contributed by atoms with E-state index in [9.17, 15) is 9.59 Å². The van der Waals surface area contributed by atoms with Crippen LogP contribution in [0.5, 0.6) is 0 Å². The summed E-state index contributed by atoms with van der Waals surface area (Å²) in [5.74, 6) is -0.215. The second kappa shape index (κ2) is 6.36. The van der Waals surface area contributed by atoms with E-state index in [0.29, 0.717) is 12.4 Å². The van der Waals surface area contributed by atoms with Crippen molar-refractivity contribution in [2.45, 2.75) is 38.3 Å². The lowest BCUT2D eigenvalue weighted by molar-refractivity contribution is -0.138. The molecule has 0 aliphatic carbocycles. The fourth-order valence-electron chi connectivity index (χ4n) is 2.41. The Bertz CT molecular complexity index is 487. The van der Waals surface area contributed by atoms with E-state index in [1.54, 1.807) is 22.8 Å². The molecule has 2 heterocycles. The number of carbonyl (C=O) groups is 2. The van der Waals surface area contributed by atoms with Crippen LogP contribution in [0.3, 0.4) is 0 Å². The van der Waals surface area contributed by atoms with Crippen LogP contribution < -0.4 is 5.32 Å². The highest BCUT2D eigenvalue weighted by atomic mass is 16.4. The van der Waals surface area contributed by atoms with Crippen molar-refractivity contribution in [3.63, 3.8) is 0 Å². The Morgan fingerprint density at radius 1 is 1.50 bits per heavy atom. The second-order valence-corrected chi connectivity index (χ2v) is 4.96. The summed E-state index contributed by atoms with van der Waals surface area (Å²) in [4.78, 5) is 24.6. The van der Waals surface area contributed by atoms with Crippen LogP contribution in [0.15, 0.2) is 6.33 Å². The summed E-state index contributed by atoms with van der Waals surface area (Å²) in [5.41, 5.74) is 0. The molecule has 1 fully saturated rings. The number of aromatic nitrogens is 3. The largest absolute Gasteiger partial charge is 0.481 e. The van der Waals surface area contributed by atoms with Gasteiger partial charge in [0.15, 0.2) is 5.82 Å². The average molecular weight is 281 g/mol. The van der Waals surface area contributed by atoms with E-state index in [2.05, 4.69) is 15.5 Å². The number of nitrogens with one attached hydrogen (secondary N) is 1. The topological polar surface area (TPSA) is 100 Å². The van der Waals surface area contributed by atoms with Crippen molar-refractivity contribution in [1.29, 1.82) is 0 Å². The zero-order valence-electron chi connectivity index (χ0n) is 11.4. The molecule has 1 aliphatic heterocycles. The molecular formula is C12H19N5O3. The molecule has 2 rings (SSSR count). The first-order valence-corrected chi connectivity index (χ1v) is 6.67. The summed E-state index contributed by atoms with van der Waals surface area (Å²) in [6.07, 6.45) is 4.18. The van der Waals surface area contributed by atoms with Gasteiger partial charge in [-0.15, -0.1) is 10.2 Å². The molecule has 0 radical (unpaired) electrons. The zero-order chi connectivity index (χ0) is 14.5. The van der Waals surface area contributed by atoms with Gasteiger partial charge in [0.2, 0.25) is 0 Å². The van der Waals surface area contributed by atoms with Gasteiger partial charge >= 0.3 is 12.0 Å². The smallest absolute Gasteiger partial charge is 0.318 e. The minimum Gasteiger partial charge on any atom is -0.481 e. The van der Waals surface area contributed by atoms with E-state index in [-0.39, 0.29) is 25.0 Å². The number of carboxylic acid groups (broad SMARTS) is 1. The molecule has 0 aromatic carbocycles. The lowest BCUT2D eigenvalue weighted by atomic mass is 10.00. The molecule has 1 unspecified atom stereocenters. The molecule has 8 nitrogen and oxygen atoms in total. The van der Waals surface area contributed by atoms with Crippen LogP contribution in [-0.2, 0) is 18.4 Å². The third kappa shape index (κ3) is 3.46. The molecule has 1 aliphatic rings. The number of carbonyl (C=O) groups excluding carboxylic acids is 1. The number of aryl methyl sites for hydroxylation is 1. The van der Waals surface area contributed by atoms with Gasteiger partial charge in [0.1, 0.15) is 6.33 Å². The van der Waals surface area contributed by atoms with Gasteiger partial charge in [-0.05, 0) is 19.3 Å². The molecule has 1 aromatic rings. The summed E-state index contributed by atoms with van der Waals surface area (Å²) in [7, 11) is 1.80. The first kappa shape index (κ1) is 14.3. The number of likely N-dealkylation sites (tertiary alicyclic amines) is 1. The van der Waals surface area contributed by atoms with Gasteiger partial charge in [0.25, 0.3) is 0 Å². The van der Waals surface area contributed by atoms with Crippen LogP contribution in [0, 0.1) is 0 Å². The molecule has 0 spiro atoms. The number of amides is 2. The molecule has 2 amide bonds. The van der Waals surface area contributed by atoms with Gasteiger partial charge < -0.3 is 19.9 Å². The second-order valence-electron chi connectivity index (χ2n) is 4.96. The normalized spacial score (nSPS) is 18.9. The summed E-state index contributed by atoms with van der Waals surface area (Å²) in [6.45, 7) is 0.883. The first-order valence-electron chi connectivity index (χ1n) is 6.67. The number of hydrogen-bond acceptors (Lipinski definition) is 4. The Labute approximate surface area is 116 Å². The van der Waals surface area contributed by atoms with Gasteiger partial charge in [-0.1, -0.05) is 0 Å². The first-order chi connectivity index (χ1) is 9.58. The van der Waals surface area contributed by atoms with Crippen molar-refractivity contribution >= 4 is 12.0 Å². The Kier molecular flexibility index (Phi) is 4.54. The fraction of sp³-hybridized carbons (Fsp3) is 0.667. The number of rotatable bonds is 4. The van der Waals surface area contributed by atoms with E-state index < -0.39 is 5.97 Å². The van der Waals surface area contributed by atoms with E-state index in [1.165, 1.54) is 0 Å². The summed E-state index contributed by atoms with van der Waals surface area (Å²) in [5, 5.41) is 19.3. The number of urea groups is 1. The maximum absolute atomic E-state index is 12.2. The SMILES string of the molecule is Cn1cnnc1CNC(=O)N1CCCCC1CC(=O)O. The maximum atomic E-state index is 12.2. The van der Waals surface area contributed by atoms with Gasteiger partial charge in [0.05, 0.1) is 13.0 Å². The number of hydrogen-bond donors (Lipinski definition) is 2. The summed E-state index contributed by atoms with van der Waals surface area (Å²) in [6, 6.07) is -0.459. The predicted octanol–water partition coefficient (Wildman–Crippen LogP) is 0.354. The number of nitrogens with zero attached hydrogens (tertiary/aromatic N) is 4. The summed E-state index contributed by atoms with van der Waals surface area (Å²) < 4.78 is 1.73. The Morgan fingerprint density at radius 3 is 2.95 bits per heavy atom. The van der Waals surface area contributed by atoms with Crippen LogP contribution in [0.2, 0.25) is 0 Å². The quantitative estimate of drug-likeness (QED) is 0.829. The number of aliphatic carboxylic acids is 1. The highest BCUT2D eigenvalue weighted by Crippen LogP contribution is 2.19. The van der Waals surface area contributed by atoms with Crippen LogP contribution in [0.4, 0.5) is 4.79 Å². The fourth-order valence-corrected chi connectivity index (χ4v) is 2.41. The highest BCUT2D eigenvalue weighted by Gasteiger charge is 2.28. The highest BCUT2D eigenvalue weighted by molar-refractivity contribution is 5.76. The minimum atomic E-state index is -0.872. The molecule has 8 heteroatoms. The zero-order valence-corrected chi connectivity index (χ0v) is 11.4. The van der Waals surface area contributed by atoms with Gasteiger partial charge in [0, 0.05) is 19.6 Å². The third-order valence-electron chi connectivity index (χ3n) is 3.50. The van der Waals surface area contributed by atoms with E-state index in [0.717, 1.165) is 19.3 Å². The monoisotopic (exact) mass is 281 g/mol. The van der Waals surface area contributed by atoms with E-state index >= 15 is 0 Å². The standard InChI is InChI=1S/C12H19N5O3/c1-16-8-14-15-10(16)7-13-12(20)17-5-3-2-4-9(17)6-11(18)19/h8-9H,2-7H2,1H3,(H,13,20)(H,18,19). The molecule has 20 heavy (non-hydrogen) atoms. The lowest BCUT2D eigenvalue weighted by Gasteiger charge is -2.34. The van der Waals surface area contributed by atoms with Crippen molar-refractivity contribution in [3.05, 3.63) is 12.2 Å². The van der Waals surface area contributed by atoms with Crippen molar-refractivity contribution in [1.82, 2.24) is 25.0 Å². The third-order valence-corrected chi connectivity index (χ3v) is 3.50. The van der Waals surface area contributed by atoms with Crippen LogP contribution in [0.1, 0.15) is 31.5 Å². The van der Waals surface area contributed by atoms with E-state index in [4.69, 9.17) is 5.11 Å². The van der Waals surface area contributed by atoms with Gasteiger partial charge in [-0.3, -0.25) is 4.79 Å². The molecule has 0 saturated carbocycles. The van der Waals surface area contributed by atoms with Crippen molar-refractivity contribution in [2.75, 3.05) is 6.54 Å². The van der Waals surface area contributed by atoms with Crippen LogP contribution >= 0.6 is 0 Å². The Hall–Kier alpha value is -2.12. The van der Waals surface area contributed by atoms with Gasteiger partial charge in [-0.2, -0.15) is 0 Å². The number of piperidine rings is 1. The lowest BCUT2D eigenvalue weighted by Crippen LogP contribution is -2.49. The van der Waals surface area contributed by atoms with E-state index in [1.807, 2.05) is 0 Å². The van der Waals surface area contributed by atoms with Crippen molar-refractivity contribution < 1.29 is 14.7 Å². The molecule has 1 saturated heterocycles. The maximum Gasteiger partial charge on any atom is 0.318 e. The van der Waals surface area contributed by atoms with Crippen LogP contribution in [-0.4, -0.2) is 49.4 Å². The molecule has 1 aromatic heterocycles. The molecule has 0 bridgehead atoms. The molecule has 1 atom stereocenters. The summed E-state index contributed by atoms with van der Waals surface area (Å²) >= 11 is 0. The van der Waals surface area contributed by atoms with Crippen molar-refractivity contribution in [2.24, 2.45) is 7.05 Å². The predicted molar refractivity (Wildman–Crippen MR) is 69.8 cm³/mol. The molecular weight excluding hydrogens is 262 g/mol. The molecule has 110 valence electrons. The Morgan fingerprint density at radius 2 is 2.30 bits per heavy atom. The van der Waals surface area contributed by atoms with Crippen molar-refractivity contribution in [3.8, 4) is 0 Å².